The molecule has 4 aliphatic carbocycles. The van der Waals surface area contributed by atoms with Crippen LogP contribution in [0.3, 0.4) is 0 Å². The Balaban J connectivity index is 2.53. The van der Waals surface area contributed by atoms with Gasteiger partial charge in [-0.1, -0.05) is 20.8 Å². The molecular formula is C19H18O5. The van der Waals surface area contributed by atoms with Crippen LogP contribution in [0.1, 0.15) is 32.8 Å². The van der Waals surface area contributed by atoms with Crippen LogP contribution in [0, 0.1) is 28.7 Å². The molecule has 0 aromatic rings. The molecule has 0 bridgehead atoms. The molecule has 1 saturated carbocycles. The van der Waals surface area contributed by atoms with Gasteiger partial charge in [0.15, 0.2) is 5.43 Å². The maximum Gasteiger partial charge on any atom is 0.238 e. The smallest absolute Gasteiger partial charge is 0.238 e. The van der Waals surface area contributed by atoms with Gasteiger partial charge in [-0.25, -0.2) is 0 Å². The normalized spacial score (nSPS) is 27.8. The lowest BCUT2D eigenvalue weighted by Crippen LogP contribution is -2.52. The van der Waals surface area contributed by atoms with E-state index < -0.39 is 27.3 Å². The zero-order valence-electron chi connectivity index (χ0n) is 14.0. The van der Waals surface area contributed by atoms with Crippen molar-refractivity contribution in [3.63, 3.8) is 0 Å². The van der Waals surface area contributed by atoms with Crippen molar-refractivity contribution in [1.82, 2.24) is 0 Å². The van der Waals surface area contributed by atoms with E-state index in [-0.39, 0.29) is 32.6 Å². The van der Waals surface area contributed by atoms with E-state index in [0.717, 1.165) is 0 Å². The lowest BCUT2D eigenvalue weighted by Gasteiger charge is -2.40. The zero-order valence-corrected chi connectivity index (χ0v) is 14.0. The van der Waals surface area contributed by atoms with Crippen molar-refractivity contribution in [2.75, 3.05) is 0 Å². The van der Waals surface area contributed by atoms with E-state index in [2.05, 4.69) is 0 Å². The van der Waals surface area contributed by atoms with Crippen molar-refractivity contribution in [1.29, 1.82) is 0 Å². The van der Waals surface area contributed by atoms with Gasteiger partial charge in [0, 0.05) is 21.1 Å². The second-order valence-electron chi connectivity index (χ2n) is 7.71. The SMILES string of the molecule is Cc1cc(=O)c2c(=O)c(=O)c3c=2c1=C(O)[C@]1(O)C=3C[C@H](C)C1(C)C. The standard InChI is InChI=1S/C19H18O5/c1-7-5-10(20)13-14-11(7)17(23)19(24)9(6-8(2)18(19,3)4)12(14)15(21)16(13)22/h5,8,23-24H,6H2,1-4H3/t8-,19+/m0/s1. The van der Waals surface area contributed by atoms with Gasteiger partial charge in [-0.15, -0.1) is 0 Å². The van der Waals surface area contributed by atoms with Gasteiger partial charge in [-0.3, -0.25) is 14.4 Å². The van der Waals surface area contributed by atoms with E-state index in [4.69, 9.17) is 0 Å². The summed E-state index contributed by atoms with van der Waals surface area (Å²) in [7, 11) is 0. The first-order valence-electron chi connectivity index (χ1n) is 8.01. The Morgan fingerprint density at radius 2 is 1.62 bits per heavy atom. The third kappa shape index (κ3) is 1.31. The second-order valence-corrected chi connectivity index (χ2v) is 7.71. The number of aliphatic hydroxyl groups excluding tert-OH is 1. The highest BCUT2D eigenvalue weighted by Crippen LogP contribution is 2.56. The Labute approximate surface area is 136 Å². The lowest BCUT2D eigenvalue weighted by atomic mass is 9.69. The van der Waals surface area contributed by atoms with Crippen molar-refractivity contribution in [2.45, 2.75) is 39.7 Å². The number of aryl methyl sites for hydroxylation is 1. The molecule has 5 heteroatoms. The Hall–Kier alpha value is -2.27. The fourth-order valence-electron chi connectivity index (χ4n) is 4.56. The number of fused-ring (bicyclic) bond motifs is 1. The summed E-state index contributed by atoms with van der Waals surface area (Å²) in [5.41, 5.74) is -3.70. The lowest BCUT2D eigenvalue weighted by molar-refractivity contribution is 0.00780. The van der Waals surface area contributed by atoms with E-state index in [0.29, 0.717) is 17.6 Å². The van der Waals surface area contributed by atoms with Gasteiger partial charge in [0.2, 0.25) is 10.9 Å². The molecule has 5 nitrogen and oxygen atoms in total. The van der Waals surface area contributed by atoms with Crippen molar-refractivity contribution in [3.05, 3.63) is 63.2 Å². The summed E-state index contributed by atoms with van der Waals surface area (Å²) in [6.07, 6.45) is 0.392. The molecule has 0 unspecified atom stereocenters. The monoisotopic (exact) mass is 326 g/mol. The van der Waals surface area contributed by atoms with Crippen LogP contribution >= 0.6 is 0 Å². The molecule has 0 aromatic heterocycles. The quantitative estimate of drug-likeness (QED) is 0.625. The summed E-state index contributed by atoms with van der Waals surface area (Å²) in [5, 5.41) is 22.9. The van der Waals surface area contributed by atoms with Gasteiger partial charge in [0.25, 0.3) is 0 Å². The molecule has 4 aliphatic rings. The van der Waals surface area contributed by atoms with Gasteiger partial charge < -0.3 is 10.2 Å². The van der Waals surface area contributed by atoms with Gasteiger partial charge in [0.05, 0.1) is 5.22 Å². The highest BCUT2D eigenvalue weighted by Gasteiger charge is 2.59. The highest BCUT2D eigenvalue weighted by atomic mass is 16.3. The van der Waals surface area contributed by atoms with Crippen LogP contribution in [0.2, 0.25) is 0 Å². The fourth-order valence-corrected chi connectivity index (χ4v) is 4.56. The minimum Gasteiger partial charge on any atom is -0.508 e. The van der Waals surface area contributed by atoms with Crippen molar-refractivity contribution in [2.24, 2.45) is 11.3 Å². The van der Waals surface area contributed by atoms with Crippen LogP contribution in [0.4, 0.5) is 0 Å². The Morgan fingerprint density at radius 1 is 1.04 bits per heavy atom. The first-order chi connectivity index (χ1) is 11.0. The molecule has 0 saturated heterocycles. The van der Waals surface area contributed by atoms with E-state index in [1.807, 2.05) is 20.8 Å². The molecule has 0 heterocycles. The number of rotatable bonds is 0. The predicted molar refractivity (Wildman–Crippen MR) is 88.9 cm³/mol. The van der Waals surface area contributed by atoms with Crippen LogP contribution in [0.15, 0.2) is 20.4 Å². The maximum atomic E-state index is 12.6. The molecule has 1 fully saturated rings. The minimum absolute atomic E-state index is 0.0135. The molecule has 124 valence electrons. The first kappa shape index (κ1) is 15.3. The molecule has 2 atom stereocenters. The Bertz CT molecular complexity index is 1260. The third-order valence-electron chi connectivity index (χ3n) is 6.39. The minimum atomic E-state index is -1.71. The van der Waals surface area contributed by atoms with Crippen LogP contribution in [-0.2, 0) is 0 Å². The molecule has 4 rings (SSSR count). The van der Waals surface area contributed by atoms with Crippen LogP contribution in [0.5, 0.6) is 0 Å². The summed E-state index contributed by atoms with van der Waals surface area (Å²) >= 11 is 0. The number of hydrogen-bond acceptors (Lipinski definition) is 5. The van der Waals surface area contributed by atoms with Crippen molar-refractivity contribution in [3.8, 4) is 0 Å². The maximum absolute atomic E-state index is 12.6. The largest absolute Gasteiger partial charge is 0.508 e. The molecule has 24 heavy (non-hydrogen) atoms. The number of aliphatic hydroxyl groups is 2. The summed E-state index contributed by atoms with van der Waals surface area (Å²) in [5.74, 6) is -0.271. The van der Waals surface area contributed by atoms with E-state index in [1.165, 1.54) is 6.07 Å². The topological polar surface area (TPSA) is 91.7 Å². The van der Waals surface area contributed by atoms with Crippen LogP contribution in [-0.4, -0.2) is 15.8 Å². The van der Waals surface area contributed by atoms with E-state index in [1.54, 1.807) is 6.92 Å². The summed E-state index contributed by atoms with van der Waals surface area (Å²) in [4.78, 5) is 37.2. The zero-order chi connectivity index (χ0) is 17.8. The molecule has 0 radical (unpaired) electrons. The third-order valence-corrected chi connectivity index (χ3v) is 6.39. The molecule has 0 amide bonds. The first-order valence-corrected chi connectivity index (χ1v) is 8.01. The second kappa shape index (κ2) is 4.03. The Morgan fingerprint density at radius 3 is 2.25 bits per heavy atom. The van der Waals surface area contributed by atoms with Crippen molar-refractivity contribution < 1.29 is 10.2 Å². The predicted octanol–water partition coefficient (Wildman–Crippen LogP) is -0.696. The van der Waals surface area contributed by atoms with Gasteiger partial charge in [-0.2, -0.15) is 0 Å². The average molecular weight is 326 g/mol. The van der Waals surface area contributed by atoms with Crippen LogP contribution in [0.25, 0.3) is 11.3 Å². The summed E-state index contributed by atoms with van der Waals surface area (Å²) in [6, 6.07) is 1.25. The molecule has 0 aliphatic heterocycles. The van der Waals surface area contributed by atoms with Gasteiger partial charge in [0.1, 0.15) is 11.4 Å². The summed E-state index contributed by atoms with van der Waals surface area (Å²) in [6.45, 7) is 7.26. The molecular weight excluding hydrogens is 308 g/mol. The molecule has 2 N–H and O–H groups in total. The van der Waals surface area contributed by atoms with E-state index >= 15 is 0 Å². The average Bonchev–Trinajstić information content (AvgIpc) is 2.84. The fraction of sp³-hybridized carbons (Fsp3) is 0.421. The highest BCUT2D eigenvalue weighted by molar-refractivity contribution is 5.77. The molecule has 0 spiro atoms. The van der Waals surface area contributed by atoms with Gasteiger partial charge >= 0.3 is 0 Å². The van der Waals surface area contributed by atoms with Gasteiger partial charge in [-0.05, 0) is 36.5 Å². The summed E-state index contributed by atoms with van der Waals surface area (Å²) < 4.78 is 0. The van der Waals surface area contributed by atoms with Crippen molar-refractivity contribution >= 4 is 11.3 Å². The Kier molecular flexibility index (Phi) is 2.57. The van der Waals surface area contributed by atoms with E-state index in [9.17, 15) is 24.6 Å². The van der Waals surface area contributed by atoms with Crippen LogP contribution < -0.4 is 26.7 Å². The molecule has 0 aromatic carbocycles. The number of hydrogen-bond donors (Lipinski definition) is 2.